The molecule has 0 bridgehead atoms. The van der Waals surface area contributed by atoms with Crippen LogP contribution in [0.25, 0.3) is 0 Å². The van der Waals surface area contributed by atoms with Gasteiger partial charge in [0.1, 0.15) is 12.1 Å². The van der Waals surface area contributed by atoms with Crippen LogP contribution in [0.5, 0.6) is 0 Å². The van der Waals surface area contributed by atoms with E-state index in [4.69, 9.17) is 0 Å². The third-order valence-corrected chi connectivity index (χ3v) is 1.60. The molecular formula is C8H11N3O. The lowest BCUT2D eigenvalue weighted by atomic mass is 10.2. The average Bonchev–Trinajstić information content (AvgIpc) is 2.03. The Labute approximate surface area is 71.3 Å². The summed E-state index contributed by atoms with van der Waals surface area (Å²) >= 11 is 0. The highest BCUT2D eigenvalue weighted by Gasteiger charge is 2.07. The Morgan fingerprint density at radius 2 is 2.08 bits per heavy atom. The van der Waals surface area contributed by atoms with Crippen LogP contribution in [0, 0.1) is 6.92 Å². The van der Waals surface area contributed by atoms with E-state index < -0.39 is 0 Å². The number of carbonyl (C=O) groups excluding carboxylic acids is 1. The van der Waals surface area contributed by atoms with Crippen molar-refractivity contribution < 1.29 is 4.79 Å². The molecule has 0 N–H and O–H groups in total. The summed E-state index contributed by atoms with van der Waals surface area (Å²) in [6, 6.07) is 0. The molecule has 1 heterocycles. The van der Waals surface area contributed by atoms with Gasteiger partial charge in [0.2, 0.25) is 0 Å². The van der Waals surface area contributed by atoms with Gasteiger partial charge in [-0.3, -0.25) is 4.79 Å². The minimum Gasteiger partial charge on any atom is -0.362 e. The molecular weight excluding hydrogens is 154 g/mol. The number of hydrogen-bond acceptors (Lipinski definition) is 4. The molecule has 0 aliphatic rings. The van der Waals surface area contributed by atoms with E-state index in [-0.39, 0.29) is 0 Å². The quantitative estimate of drug-likeness (QED) is 0.604. The largest absolute Gasteiger partial charge is 0.362 e. The Bertz CT molecular complexity index is 296. The maximum absolute atomic E-state index is 10.6. The van der Waals surface area contributed by atoms with Crippen LogP contribution < -0.4 is 4.90 Å². The maximum Gasteiger partial charge on any atom is 0.155 e. The summed E-state index contributed by atoms with van der Waals surface area (Å²) in [6.07, 6.45) is 2.24. The van der Waals surface area contributed by atoms with E-state index in [0.29, 0.717) is 17.1 Å². The van der Waals surface area contributed by atoms with Crippen LogP contribution >= 0.6 is 0 Å². The van der Waals surface area contributed by atoms with Gasteiger partial charge in [0.25, 0.3) is 0 Å². The van der Waals surface area contributed by atoms with E-state index in [1.54, 1.807) is 11.8 Å². The third kappa shape index (κ3) is 1.42. The van der Waals surface area contributed by atoms with Gasteiger partial charge in [0.15, 0.2) is 6.29 Å². The van der Waals surface area contributed by atoms with Crippen molar-refractivity contribution in [2.24, 2.45) is 0 Å². The second kappa shape index (κ2) is 3.30. The number of aromatic nitrogens is 2. The highest BCUT2D eigenvalue weighted by Crippen LogP contribution is 2.13. The summed E-state index contributed by atoms with van der Waals surface area (Å²) in [5, 5.41) is 0. The SMILES string of the molecule is Cc1ncnc(N(C)C)c1C=O. The normalized spacial score (nSPS) is 9.58. The Morgan fingerprint density at radius 3 is 2.50 bits per heavy atom. The van der Waals surface area contributed by atoms with Gasteiger partial charge in [-0.1, -0.05) is 0 Å². The third-order valence-electron chi connectivity index (χ3n) is 1.60. The molecule has 0 fully saturated rings. The summed E-state index contributed by atoms with van der Waals surface area (Å²) in [5.74, 6) is 0.664. The summed E-state index contributed by atoms with van der Waals surface area (Å²) in [7, 11) is 3.68. The number of carbonyl (C=O) groups is 1. The first-order chi connectivity index (χ1) is 5.66. The Morgan fingerprint density at radius 1 is 1.42 bits per heavy atom. The van der Waals surface area contributed by atoms with Crippen LogP contribution in [0.1, 0.15) is 16.1 Å². The lowest BCUT2D eigenvalue weighted by Crippen LogP contribution is -2.14. The van der Waals surface area contributed by atoms with E-state index >= 15 is 0 Å². The van der Waals surface area contributed by atoms with Crippen molar-refractivity contribution in [3.8, 4) is 0 Å². The van der Waals surface area contributed by atoms with E-state index in [2.05, 4.69) is 9.97 Å². The zero-order valence-corrected chi connectivity index (χ0v) is 7.40. The molecule has 1 aromatic heterocycles. The van der Waals surface area contributed by atoms with Crippen LogP contribution in [0.4, 0.5) is 5.82 Å². The van der Waals surface area contributed by atoms with Crippen molar-refractivity contribution in [1.82, 2.24) is 9.97 Å². The van der Waals surface area contributed by atoms with E-state index in [1.807, 2.05) is 14.1 Å². The van der Waals surface area contributed by atoms with Crippen molar-refractivity contribution in [2.75, 3.05) is 19.0 Å². The zero-order valence-electron chi connectivity index (χ0n) is 7.40. The van der Waals surface area contributed by atoms with Crippen molar-refractivity contribution in [2.45, 2.75) is 6.92 Å². The molecule has 12 heavy (non-hydrogen) atoms. The van der Waals surface area contributed by atoms with E-state index in [0.717, 1.165) is 6.29 Å². The molecule has 0 saturated heterocycles. The minimum absolute atomic E-state index is 0.558. The van der Waals surface area contributed by atoms with Gasteiger partial charge in [-0.25, -0.2) is 9.97 Å². The molecule has 0 aliphatic heterocycles. The molecule has 0 saturated carbocycles. The molecule has 0 radical (unpaired) electrons. The summed E-state index contributed by atoms with van der Waals surface area (Å²) in [5.41, 5.74) is 1.27. The van der Waals surface area contributed by atoms with Crippen LogP contribution in [0.15, 0.2) is 6.33 Å². The first-order valence-electron chi connectivity index (χ1n) is 3.61. The number of hydrogen-bond donors (Lipinski definition) is 0. The van der Waals surface area contributed by atoms with Gasteiger partial charge in [-0.2, -0.15) is 0 Å². The Kier molecular flexibility index (Phi) is 2.38. The van der Waals surface area contributed by atoms with Gasteiger partial charge in [-0.15, -0.1) is 0 Å². The fourth-order valence-corrected chi connectivity index (χ4v) is 0.965. The van der Waals surface area contributed by atoms with Crippen LogP contribution in [-0.4, -0.2) is 30.3 Å². The summed E-state index contributed by atoms with van der Waals surface area (Å²) in [4.78, 5) is 20.4. The minimum atomic E-state index is 0.558. The molecule has 1 aromatic rings. The molecule has 64 valence electrons. The number of aldehydes is 1. The second-order valence-electron chi connectivity index (χ2n) is 2.71. The van der Waals surface area contributed by atoms with Gasteiger partial charge in [0.05, 0.1) is 11.3 Å². The highest BCUT2D eigenvalue weighted by atomic mass is 16.1. The predicted molar refractivity (Wildman–Crippen MR) is 46.5 cm³/mol. The average molecular weight is 165 g/mol. The maximum atomic E-state index is 10.6. The monoisotopic (exact) mass is 165 g/mol. The summed E-state index contributed by atoms with van der Waals surface area (Å²) in [6.45, 7) is 1.79. The number of nitrogens with zero attached hydrogens (tertiary/aromatic N) is 3. The zero-order chi connectivity index (χ0) is 9.14. The second-order valence-corrected chi connectivity index (χ2v) is 2.71. The van der Waals surface area contributed by atoms with E-state index in [9.17, 15) is 4.79 Å². The Balaban J connectivity index is 3.27. The Hall–Kier alpha value is -1.45. The van der Waals surface area contributed by atoms with Gasteiger partial charge in [-0.05, 0) is 6.92 Å². The number of rotatable bonds is 2. The molecule has 0 aromatic carbocycles. The van der Waals surface area contributed by atoms with Crippen LogP contribution in [0.2, 0.25) is 0 Å². The first-order valence-corrected chi connectivity index (χ1v) is 3.61. The van der Waals surface area contributed by atoms with Crippen molar-refractivity contribution in [1.29, 1.82) is 0 Å². The molecule has 0 spiro atoms. The van der Waals surface area contributed by atoms with Gasteiger partial charge >= 0.3 is 0 Å². The molecule has 4 nitrogen and oxygen atoms in total. The van der Waals surface area contributed by atoms with Crippen molar-refractivity contribution >= 4 is 12.1 Å². The molecule has 0 aliphatic carbocycles. The van der Waals surface area contributed by atoms with Gasteiger partial charge < -0.3 is 4.90 Å². The highest BCUT2D eigenvalue weighted by molar-refractivity contribution is 5.83. The van der Waals surface area contributed by atoms with Crippen LogP contribution in [0.3, 0.4) is 0 Å². The van der Waals surface area contributed by atoms with E-state index in [1.165, 1.54) is 6.33 Å². The topological polar surface area (TPSA) is 46.1 Å². The number of aryl methyl sites for hydroxylation is 1. The lowest BCUT2D eigenvalue weighted by molar-refractivity contribution is 0.112. The van der Waals surface area contributed by atoms with Crippen molar-refractivity contribution in [3.05, 3.63) is 17.6 Å². The molecule has 0 amide bonds. The molecule has 0 unspecified atom stereocenters. The molecule has 1 rings (SSSR count). The van der Waals surface area contributed by atoms with Crippen molar-refractivity contribution in [3.63, 3.8) is 0 Å². The first kappa shape index (κ1) is 8.64. The smallest absolute Gasteiger partial charge is 0.155 e. The molecule has 0 atom stereocenters. The fourth-order valence-electron chi connectivity index (χ4n) is 0.965. The summed E-state index contributed by atoms with van der Waals surface area (Å²) < 4.78 is 0. The number of anilines is 1. The van der Waals surface area contributed by atoms with Gasteiger partial charge in [0, 0.05) is 14.1 Å². The predicted octanol–water partition coefficient (Wildman–Crippen LogP) is 0.664. The van der Waals surface area contributed by atoms with Crippen LogP contribution in [-0.2, 0) is 0 Å². The standard InChI is InChI=1S/C8H11N3O/c1-6-7(4-12)8(11(2)3)10-5-9-6/h4-5H,1-3H3. The molecule has 4 heteroatoms. The lowest BCUT2D eigenvalue weighted by Gasteiger charge is -2.13. The fraction of sp³-hybridized carbons (Fsp3) is 0.375.